The molecule has 176 valence electrons. The number of rotatable bonds is 8. The van der Waals surface area contributed by atoms with Crippen molar-refractivity contribution in [3.63, 3.8) is 0 Å². The Morgan fingerprint density at radius 1 is 1.19 bits per heavy atom. The molecule has 0 radical (unpaired) electrons. The molecule has 7 heteroatoms. The summed E-state index contributed by atoms with van der Waals surface area (Å²) < 4.78 is 0. The van der Waals surface area contributed by atoms with Crippen molar-refractivity contribution >= 4 is 35.8 Å². The van der Waals surface area contributed by atoms with E-state index in [0.717, 1.165) is 55.9 Å². The standard InChI is InChI=1S/C24H41N5O.HI/c1-3-25-23(28-19-24(13-16-30)11-5-4-6-12-24)27-18-21-7-8-22(26-17-21)29-14-9-20(2)10-15-29;/h7-8,17,20,30H,3-6,9-16,18-19H2,1-2H3,(H2,25,27,28);1H. The maximum Gasteiger partial charge on any atom is 0.191 e. The second-order valence-electron chi connectivity index (χ2n) is 9.28. The zero-order chi connectivity index (χ0) is 21.2. The maximum atomic E-state index is 9.55. The molecule has 2 fully saturated rings. The van der Waals surface area contributed by atoms with Gasteiger partial charge in [-0.1, -0.05) is 32.3 Å². The molecule has 3 N–H and O–H groups in total. The minimum Gasteiger partial charge on any atom is -0.396 e. The summed E-state index contributed by atoms with van der Waals surface area (Å²) >= 11 is 0. The highest BCUT2D eigenvalue weighted by Gasteiger charge is 2.31. The second kappa shape index (κ2) is 13.5. The molecule has 2 heterocycles. The van der Waals surface area contributed by atoms with Gasteiger partial charge in [0.2, 0.25) is 0 Å². The number of anilines is 1. The van der Waals surface area contributed by atoms with Gasteiger partial charge in [0.1, 0.15) is 5.82 Å². The molecule has 6 nitrogen and oxygen atoms in total. The van der Waals surface area contributed by atoms with Crippen LogP contribution in [0.15, 0.2) is 23.3 Å². The topological polar surface area (TPSA) is 72.8 Å². The summed E-state index contributed by atoms with van der Waals surface area (Å²) in [4.78, 5) is 11.9. The number of nitrogens with one attached hydrogen (secondary N) is 2. The zero-order valence-corrected chi connectivity index (χ0v) is 21.7. The van der Waals surface area contributed by atoms with Gasteiger partial charge in [-0.2, -0.15) is 0 Å². The minimum atomic E-state index is 0. The van der Waals surface area contributed by atoms with Crippen LogP contribution in [0.4, 0.5) is 5.82 Å². The number of hydrogen-bond donors (Lipinski definition) is 3. The largest absolute Gasteiger partial charge is 0.396 e. The number of piperidine rings is 1. The van der Waals surface area contributed by atoms with Crippen molar-refractivity contribution in [1.82, 2.24) is 15.6 Å². The third-order valence-electron chi connectivity index (χ3n) is 6.87. The molecule has 0 amide bonds. The van der Waals surface area contributed by atoms with Crippen LogP contribution in [0.5, 0.6) is 0 Å². The Kier molecular flexibility index (Phi) is 11.4. The Labute approximate surface area is 205 Å². The summed E-state index contributed by atoms with van der Waals surface area (Å²) in [7, 11) is 0. The van der Waals surface area contributed by atoms with Gasteiger partial charge in [0, 0.05) is 39.0 Å². The molecule has 0 spiro atoms. The van der Waals surface area contributed by atoms with Gasteiger partial charge in [0.15, 0.2) is 5.96 Å². The molecule has 0 unspecified atom stereocenters. The third kappa shape index (κ3) is 8.08. The van der Waals surface area contributed by atoms with Crippen LogP contribution in [-0.2, 0) is 6.54 Å². The lowest BCUT2D eigenvalue weighted by Gasteiger charge is -2.37. The Morgan fingerprint density at radius 3 is 2.55 bits per heavy atom. The summed E-state index contributed by atoms with van der Waals surface area (Å²) in [5.74, 6) is 2.77. The number of halogens is 1. The van der Waals surface area contributed by atoms with Gasteiger partial charge in [-0.05, 0) is 62.0 Å². The number of aliphatic hydroxyl groups is 1. The smallest absolute Gasteiger partial charge is 0.191 e. The molecule has 1 aliphatic heterocycles. The van der Waals surface area contributed by atoms with Crippen LogP contribution in [0, 0.1) is 11.3 Å². The fourth-order valence-corrected chi connectivity index (χ4v) is 4.77. The molecule has 31 heavy (non-hydrogen) atoms. The molecule has 1 aromatic rings. The highest BCUT2D eigenvalue weighted by molar-refractivity contribution is 14.0. The first-order valence-electron chi connectivity index (χ1n) is 12.0. The molecule has 1 saturated carbocycles. The lowest BCUT2D eigenvalue weighted by Crippen LogP contribution is -2.44. The normalized spacial score (nSPS) is 19.6. The third-order valence-corrected chi connectivity index (χ3v) is 6.87. The summed E-state index contributed by atoms with van der Waals surface area (Å²) in [6.07, 6.45) is 11.6. The molecule has 0 atom stereocenters. The number of aliphatic hydroxyl groups excluding tert-OH is 1. The van der Waals surface area contributed by atoms with E-state index in [1.807, 2.05) is 6.20 Å². The summed E-state index contributed by atoms with van der Waals surface area (Å²) in [5, 5.41) is 16.5. The second-order valence-corrected chi connectivity index (χ2v) is 9.28. The Morgan fingerprint density at radius 2 is 1.94 bits per heavy atom. The fourth-order valence-electron chi connectivity index (χ4n) is 4.77. The first-order chi connectivity index (χ1) is 14.6. The van der Waals surface area contributed by atoms with Crippen molar-refractivity contribution in [2.75, 3.05) is 37.7 Å². The Bertz CT molecular complexity index is 647. The minimum absolute atomic E-state index is 0. The first kappa shape index (κ1) is 26.2. The van der Waals surface area contributed by atoms with Crippen LogP contribution < -0.4 is 15.5 Å². The van der Waals surface area contributed by atoms with Crippen molar-refractivity contribution in [1.29, 1.82) is 0 Å². The van der Waals surface area contributed by atoms with E-state index in [9.17, 15) is 5.11 Å². The van der Waals surface area contributed by atoms with Crippen LogP contribution in [0.1, 0.15) is 70.8 Å². The van der Waals surface area contributed by atoms with Crippen molar-refractivity contribution in [2.24, 2.45) is 16.3 Å². The van der Waals surface area contributed by atoms with E-state index in [2.05, 4.69) is 41.5 Å². The summed E-state index contributed by atoms with van der Waals surface area (Å²) in [5.41, 5.74) is 1.34. The van der Waals surface area contributed by atoms with Crippen LogP contribution >= 0.6 is 24.0 Å². The van der Waals surface area contributed by atoms with Crippen molar-refractivity contribution in [3.8, 4) is 0 Å². The van der Waals surface area contributed by atoms with Crippen LogP contribution in [-0.4, -0.2) is 48.8 Å². The number of guanidine groups is 1. The van der Waals surface area contributed by atoms with E-state index < -0.39 is 0 Å². The van der Waals surface area contributed by atoms with Crippen molar-refractivity contribution < 1.29 is 5.11 Å². The van der Waals surface area contributed by atoms with E-state index in [1.165, 1.54) is 44.9 Å². The first-order valence-corrected chi connectivity index (χ1v) is 12.0. The van der Waals surface area contributed by atoms with Crippen LogP contribution in [0.3, 0.4) is 0 Å². The Hall–Kier alpha value is -1.09. The molecular formula is C24H42IN5O. The molecule has 2 aliphatic rings. The van der Waals surface area contributed by atoms with Gasteiger partial charge in [-0.15, -0.1) is 24.0 Å². The molecule has 1 aliphatic carbocycles. The quantitative estimate of drug-likeness (QED) is 0.259. The molecule has 1 saturated heterocycles. The van der Waals surface area contributed by atoms with Gasteiger partial charge in [-0.25, -0.2) is 9.98 Å². The fraction of sp³-hybridized carbons (Fsp3) is 0.750. The average molecular weight is 544 g/mol. The Balaban J connectivity index is 0.00000341. The van der Waals surface area contributed by atoms with Gasteiger partial charge >= 0.3 is 0 Å². The van der Waals surface area contributed by atoms with Crippen LogP contribution in [0.2, 0.25) is 0 Å². The van der Waals surface area contributed by atoms with Gasteiger partial charge in [-0.3, -0.25) is 0 Å². The van der Waals surface area contributed by atoms with E-state index in [0.29, 0.717) is 6.54 Å². The maximum absolute atomic E-state index is 9.55. The van der Waals surface area contributed by atoms with E-state index in [4.69, 9.17) is 9.98 Å². The van der Waals surface area contributed by atoms with Crippen molar-refractivity contribution in [2.45, 2.75) is 71.8 Å². The lowest BCUT2D eigenvalue weighted by atomic mass is 9.72. The number of pyridine rings is 1. The van der Waals surface area contributed by atoms with E-state index in [-0.39, 0.29) is 36.0 Å². The highest BCUT2D eigenvalue weighted by Crippen LogP contribution is 2.38. The lowest BCUT2D eigenvalue weighted by molar-refractivity contribution is 0.131. The van der Waals surface area contributed by atoms with Crippen LogP contribution in [0.25, 0.3) is 0 Å². The van der Waals surface area contributed by atoms with Crippen molar-refractivity contribution in [3.05, 3.63) is 23.9 Å². The number of hydrogen-bond acceptors (Lipinski definition) is 4. The SMILES string of the molecule is CCNC(=NCc1ccc(N2CCC(C)CC2)nc1)NCC1(CCO)CCCCC1.I. The summed E-state index contributed by atoms with van der Waals surface area (Å²) in [6, 6.07) is 4.29. The van der Waals surface area contributed by atoms with Gasteiger partial charge in [0.25, 0.3) is 0 Å². The van der Waals surface area contributed by atoms with Gasteiger partial charge < -0.3 is 20.6 Å². The molecule has 1 aromatic heterocycles. The molecule has 0 aromatic carbocycles. The van der Waals surface area contributed by atoms with Gasteiger partial charge in [0.05, 0.1) is 6.54 Å². The predicted molar refractivity (Wildman–Crippen MR) is 140 cm³/mol. The summed E-state index contributed by atoms with van der Waals surface area (Å²) in [6.45, 7) is 9.24. The predicted octanol–water partition coefficient (Wildman–Crippen LogP) is 4.32. The molecular weight excluding hydrogens is 501 g/mol. The number of nitrogens with zero attached hydrogens (tertiary/aromatic N) is 3. The molecule has 3 rings (SSSR count). The average Bonchev–Trinajstić information content (AvgIpc) is 2.78. The zero-order valence-electron chi connectivity index (χ0n) is 19.4. The highest BCUT2D eigenvalue weighted by atomic mass is 127. The monoisotopic (exact) mass is 543 g/mol. The number of aromatic nitrogens is 1. The number of aliphatic imine (C=N–C) groups is 1. The molecule has 0 bridgehead atoms. The van der Waals surface area contributed by atoms with E-state index >= 15 is 0 Å². The van der Waals surface area contributed by atoms with E-state index in [1.54, 1.807) is 0 Å².